The van der Waals surface area contributed by atoms with Crippen LogP contribution in [0.25, 0.3) is 32.3 Å². The van der Waals surface area contributed by atoms with E-state index in [1.807, 2.05) is 36.4 Å². The second-order valence-electron chi connectivity index (χ2n) is 9.46. The van der Waals surface area contributed by atoms with E-state index < -0.39 is 16.8 Å². The zero-order chi connectivity index (χ0) is 22.9. The fourth-order valence-corrected chi connectivity index (χ4v) is 6.88. The summed E-state index contributed by atoms with van der Waals surface area (Å²) in [5, 5.41) is 41.0. The molecule has 3 N–H and O–H groups in total. The van der Waals surface area contributed by atoms with Crippen LogP contribution in [-0.4, -0.2) is 15.3 Å². The van der Waals surface area contributed by atoms with Gasteiger partial charge in [-0.15, -0.1) is 37.0 Å². The molecule has 0 radical (unpaired) electrons. The van der Waals surface area contributed by atoms with Crippen LogP contribution < -0.4 is 0 Å². The number of aliphatic hydroxyl groups is 3. The first kappa shape index (κ1) is 18.8. The molecular formula is C30H18O3. The van der Waals surface area contributed by atoms with Gasteiger partial charge in [-0.3, -0.25) is 0 Å². The van der Waals surface area contributed by atoms with E-state index in [2.05, 4.69) is 17.8 Å². The third kappa shape index (κ3) is 1.69. The second-order valence-corrected chi connectivity index (χ2v) is 9.46. The Kier molecular flexibility index (Phi) is 3.07. The van der Waals surface area contributed by atoms with Gasteiger partial charge in [-0.05, 0) is 65.7 Å². The van der Waals surface area contributed by atoms with Gasteiger partial charge in [-0.1, -0.05) is 36.4 Å². The molecule has 0 aliphatic heterocycles. The van der Waals surface area contributed by atoms with Gasteiger partial charge in [-0.2, -0.15) is 0 Å². The molecule has 0 fully saturated rings. The largest absolute Gasteiger partial charge is 0.379 e. The Balaban J connectivity index is 1.83. The summed E-state index contributed by atoms with van der Waals surface area (Å²) in [7, 11) is 0. The van der Waals surface area contributed by atoms with Gasteiger partial charge < -0.3 is 15.3 Å². The van der Waals surface area contributed by atoms with Crippen LogP contribution in [0.15, 0.2) is 36.4 Å². The lowest BCUT2D eigenvalue weighted by Gasteiger charge is -2.26. The molecule has 3 heteroatoms. The van der Waals surface area contributed by atoms with Crippen molar-refractivity contribution in [1.82, 2.24) is 0 Å². The maximum Gasteiger partial charge on any atom is 0.127 e. The molecule has 0 saturated heterocycles. The lowest BCUT2D eigenvalue weighted by atomic mass is 9.84. The number of benzene rings is 4. The van der Waals surface area contributed by atoms with E-state index in [4.69, 9.17) is 19.3 Å². The maximum absolute atomic E-state index is 11.9. The summed E-state index contributed by atoms with van der Waals surface area (Å²) in [6.45, 7) is 0. The minimum Gasteiger partial charge on any atom is -0.379 e. The predicted octanol–water partition coefficient (Wildman–Crippen LogP) is 3.86. The Morgan fingerprint density at radius 1 is 0.455 bits per heavy atom. The van der Waals surface area contributed by atoms with Crippen molar-refractivity contribution in [3.05, 3.63) is 69.8 Å². The monoisotopic (exact) mass is 426 g/mol. The van der Waals surface area contributed by atoms with Crippen LogP contribution in [0.3, 0.4) is 0 Å². The summed E-state index contributed by atoms with van der Waals surface area (Å²) in [6.07, 6.45) is 17.4. The molecule has 3 aliphatic carbocycles. The van der Waals surface area contributed by atoms with E-state index in [0.29, 0.717) is 0 Å². The van der Waals surface area contributed by atoms with Crippen LogP contribution in [-0.2, 0) is 16.8 Å². The third-order valence-electron chi connectivity index (χ3n) is 8.11. The van der Waals surface area contributed by atoms with Crippen molar-refractivity contribution in [2.75, 3.05) is 0 Å². The molecule has 4 aromatic carbocycles. The number of rotatable bonds is 3. The van der Waals surface area contributed by atoms with E-state index in [0.717, 1.165) is 65.7 Å². The number of hydrogen-bond donors (Lipinski definition) is 3. The number of terminal acetylenes is 3. The van der Waals surface area contributed by atoms with Crippen molar-refractivity contribution < 1.29 is 15.3 Å². The van der Waals surface area contributed by atoms with Crippen LogP contribution >= 0.6 is 0 Å². The van der Waals surface area contributed by atoms with Crippen molar-refractivity contribution in [3.63, 3.8) is 0 Å². The molecule has 156 valence electrons. The highest BCUT2D eigenvalue weighted by molar-refractivity contribution is 6.34. The molecule has 0 heterocycles. The molecule has 3 aliphatic rings. The molecule has 0 bridgehead atoms. The van der Waals surface area contributed by atoms with Gasteiger partial charge in [0.15, 0.2) is 0 Å². The number of hydrogen-bond acceptors (Lipinski definition) is 3. The van der Waals surface area contributed by atoms with Crippen molar-refractivity contribution in [3.8, 4) is 37.0 Å². The van der Waals surface area contributed by atoms with Crippen LogP contribution in [0.4, 0.5) is 0 Å². The molecule has 0 amide bonds. The maximum atomic E-state index is 11.9. The van der Waals surface area contributed by atoms with E-state index in [1.54, 1.807) is 0 Å². The lowest BCUT2D eigenvalue weighted by molar-refractivity contribution is 0.0892. The zero-order valence-electron chi connectivity index (χ0n) is 17.7. The fraction of sp³-hybridized carbons (Fsp3) is 0.200. The molecule has 0 spiro atoms. The highest BCUT2D eigenvalue weighted by Crippen LogP contribution is 2.62. The minimum absolute atomic E-state index is 0.115. The Labute approximate surface area is 190 Å². The molecule has 0 saturated carbocycles. The molecule has 0 atom stereocenters. The predicted molar refractivity (Wildman–Crippen MR) is 128 cm³/mol. The molecular weight excluding hydrogens is 408 g/mol. The van der Waals surface area contributed by atoms with Crippen molar-refractivity contribution in [2.24, 2.45) is 0 Å². The molecule has 7 rings (SSSR count). The van der Waals surface area contributed by atoms with Crippen LogP contribution in [0.5, 0.6) is 0 Å². The average Bonchev–Trinajstić information content (AvgIpc) is 3.31. The van der Waals surface area contributed by atoms with Crippen LogP contribution in [0, 0.1) is 37.0 Å². The van der Waals surface area contributed by atoms with Gasteiger partial charge in [0, 0.05) is 19.3 Å². The van der Waals surface area contributed by atoms with Crippen molar-refractivity contribution in [1.29, 1.82) is 0 Å². The van der Waals surface area contributed by atoms with E-state index >= 15 is 0 Å². The van der Waals surface area contributed by atoms with Gasteiger partial charge >= 0.3 is 0 Å². The first-order valence-electron chi connectivity index (χ1n) is 10.9. The van der Waals surface area contributed by atoms with Crippen molar-refractivity contribution >= 4 is 32.3 Å². The molecule has 4 aromatic rings. The topological polar surface area (TPSA) is 60.7 Å². The minimum atomic E-state index is -1.36. The van der Waals surface area contributed by atoms with Crippen LogP contribution in [0.1, 0.15) is 52.6 Å². The quantitative estimate of drug-likeness (QED) is 0.344. The lowest BCUT2D eigenvalue weighted by Crippen LogP contribution is -2.25. The van der Waals surface area contributed by atoms with E-state index in [9.17, 15) is 15.3 Å². The third-order valence-corrected chi connectivity index (χ3v) is 8.11. The summed E-state index contributed by atoms with van der Waals surface area (Å²) in [4.78, 5) is 0. The van der Waals surface area contributed by atoms with E-state index in [1.165, 1.54) is 0 Å². The van der Waals surface area contributed by atoms with Gasteiger partial charge in [0.2, 0.25) is 0 Å². The zero-order valence-corrected chi connectivity index (χ0v) is 17.7. The molecule has 3 nitrogen and oxygen atoms in total. The SMILES string of the molecule is C#CCC1(O)c2ccc3c4c2c2c1ccc1c2c2c(ccc(c42)C3(O)CC#C)C1(O)CC#C. The summed E-state index contributed by atoms with van der Waals surface area (Å²) in [5.74, 6) is 7.92. The van der Waals surface area contributed by atoms with Crippen LogP contribution in [0.2, 0.25) is 0 Å². The normalized spacial score (nSPS) is 27.3. The highest BCUT2D eigenvalue weighted by atomic mass is 16.3. The second kappa shape index (κ2) is 5.40. The molecule has 33 heavy (non-hydrogen) atoms. The van der Waals surface area contributed by atoms with Gasteiger partial charge in [-0.25, -0.2) is 0 Å². The summed E-state index contributed by atoms with van der Waals surface area (Å²) >= 11 is 0. The average molecular weight is 426 g/mol. The Bertz CT molecular complexity index is 1430. The summed E-state index contributed by atoms with van der Waals surface area (Å²) in [6, 6.07) is 11.2. The van der Waals surface area contributed by atoms with Gasteiger partial charge in [0.25, 0.3) is 0 Å². The highest BCUT2D eigenvalue weighted by Gasteiger charge is 2.51. The fourth-order valence-electron chi connectivity index (χ4n) is 6.88. The first-order valence-corrected chi connectivity index (χ1v) is 10.9. The van der Waals surface area contributed by atoms with Crippen molar-refractivity contribution in [2.45, 2.75) is 36.1 Å². The summed E-state index contributed by atoms with van der Waals surface area (Å²) in [5.41, 5.74) is 0.277. The Morgan fingerprint density at radius 3 is 0.788 bits per heavy atom. The Hall–Kier alpha value is -3.78. The molecule has 0 aromatic heterocycles. The standard InChI is InChI=1S/C30H18O3/c1-4-13-28(31)16-7-9-18-24-22(16)23-17(28)8-10-19-25(23)27-21(30(19,33)15-6-3)12-11-20(26(24)27)29(18,32)14-5-2/h1-3,7-12,31-33H,13-15H2. The summed E-state index contributed by atoms with van der Waals surface area (Å²) < 4.78 is 0. The van der Waals surface area contributed by atoms with Gasteiger partial charge in [0.05, 0.1) is 0 Å². The Morgan fingerprint density at radius 2 is 0.636 bits per heavy atom. The van der Waals surface area contributed by atoms with E-state index in [-0.39, 0.29) is 19.3 Å². The molecule has 0 unspecified atom stereocenters. The first-order chi connectivity index (χ1) is 15.9. The smallest absolute Gasteiger partial charge is 0.127 e. The van der Waals surface area contributed by atoms with Gasteiger partial charge in [0.1, 0.15) is 16.8 Å².